The van der Waals surface area contributed by atoms with Crippen molar-refractivity contribution in [1.29, 1.82) is 0 Å². The van der Waals surface area contributed by atoms with E-state index in [0.717, 1.165) is 0 Å². The van der Waals surface area contributed by atoms with Crippen LogP contribution in [0.3, 0.4) is 0 Å². The quantitative estimate of drug-likeness (QED) is 0.216. The molecule has 22 heavy (non-hydrogen) atoms. The molecule has 0 heterocycles. The monoisotopic (exact) mass is 527 g/mol. The second-order valence-electron chi connectivity index (χ2n) is 7.51. The molecule has 0 aromatic carbocycles. The van der Waals surface area contributed by atoms with Gasteiger partial charge in [-0.05, 0) is 0 Å². The Hall–Kier alpha value is 1.56. The normalized spacial score (nSPS) is 13.1. The van der Waals surface area contributed by atoms with E-state index in [1.165, 1.54) is 38.5 Å². The Labute approximate surface area is 151 Å². The number of nitrogens with zero attached hydrogens (tertiary/aromatic N) is 1. The van der Waals surface area contributed by atoms with Crippen LogP contribution in [0.4, 0.5) is 0 Å². The first kappa shape index (κ1) is 23.6. The van der Waals surface area contributed by atoms with Gasteiger partial charge in [0, 0.05) is 0 Å². The van der Waals surface area contributed by atoms with E-state index in [2.05, 4.69) is 49.9 Å². The van der Waals surface area contributed by atoms with Gasteiger partial charge < -0.3 is 0 Å². The molecule has 0 radical (unpaired) electrons. The summed E-state index contributed by atoms with van der Waals surface area (Å²) in [6.45, 7) is 14.7. The van der Waals surface area contributed by atoms with E-state index < -0.39 is 37.3 Å². The van der Waals surface area contributed by atoms with E-state index in [4.69, 9.17) is 0 Å². The van der Waals surface area contributed by atoms with Gasteiger partial charge in [-0.1, -0.05) is 0 Å². The summed E-state index contributed by atoms with van der Waals surface area (Å²) in [5, 5.41) is 0. The van der Waals surface area contributed by atoms with Crippen molar-refractivity contribution in [2.75, 3.05) is 7.05 Å². The fourth-order valence-electron chi connectivity index (χ4n) is 5.05. The third-order valence-electron chi connectivity index (χ3n) is 5.72. The molecular formula is C19H45NSn2. The van der Waals surface area contributed by atoms with Crippen molar-refractivity contribution < 1.29 is 0 Å². The summed E-state index contributed by atoms with van der Waals surface area (Å²) in [7, 11) is 2.66. The van der Waals surface area contributed by atoms with Crippen LogP contribution in [0.5, 0.6) is 0 Å². The molecule has 0 aliphatic rings. The van der Waals surface area contributed by atoms with Gasteiger partial charge in [0.15, 0.2) is 0 Å². The van der Waals surface area contributed by atoms with Crippen LogP contribution in [0.1, 0.15) is 80.1 Å². The molecule has 0 aliphatic carbocycles. The molecule has 0 saturated carbocycles. The molecule has 0 aliphatic heterocycles. The second-order valence-corrected chi connectivity index (χ2v) is 37.5. The summed E-state index contributed by atoms with van der Waals surface area (Å²) < 4.78 is 13.1. The molecular weight excluding hydrogens is 480 g/mol. The predicted octanol–water partition coefficient (Wildman–Crippen LogP) is 7.27. The number of hydrogen-bond acceptors (Lipinski definition) is 1. The van der Waals surface area contributed by atoms with Crippen molar-refractivity contribution >= 4 is 37.3 Å². The Morgan fingerprint density at radius 3 is 0.773 bits per heavy atom. The van der Waals surface area contributed by atoms with Gasteiger partial charge in [0.1, 0.15) is 0 Å². The minimum absolute atomic E-state index is 1.44. The molecule has 0 atom stereocenters. The van der Waals surface area contributed by atoms with Gasteiger partial charge in [0.25, 0.3) is 0 Å². The molecule has 0 unspecified atom stereocenters. The van der Waals surface area contributed by atoms with Crippen molar-refractivity contribution in [2.24, 2.45) is 0 Å². The molecule has 0 N–H and O–H groups in total. The van der Waals surface area contributed by atoms with Crippen LogP contribution in [0, 0.1) is 0 Å². The Morgan fingerprint density at radius 2 is 0.636 bits per heavy atom. The second kappa shape index (κ2) is 12.9. The van der Waals surface area contributed by atoms with Gasteiger partial charge in [-0.2, -0.15) is 0 Å². The van der Waals surface area contributed by atoms with Crippen LogP contribution in [-0.4, -0.2) is 45.7 Å². The zero-order valence-electron chi connectivity index (χ0n) is 16.9. The zero-order valence-corrected chi connectivity index (χ0v) is 22.6. The van der Waals surface area contributed by atoms with Gasteiger partial charge in [0.2, 0.25) is 0 Å². The molecule has 0 fully saturated rings. The number of hydrogen-bond donors (Lipinski definition) is 0. The molecule has 0 aromatic heterocycles. The minimum atomic E-state index is -2.11. The summed E-state index contributed by atoms with van der Waals surface area (Å²) in [6, 6.07) is 0. The van der Waals surface area contributed by atoms with E-state index in [1.54, 1.807) is 26.6 Å². The first-order valence-electron chi connectivity index (χ1n) is 10.3. The van der Waals surface area contributed by atoms with E-state index >= 15 is 0 Å². The third-order valence-corrected chi connectivity index (χ3v) is 56.5. The van der Waals surface area contributed by atoms with Crippen LogP contribution >= 0.6 is 0 Å². The molecule has 0 spiro atoms. The fourth-order valence-corrected chi connectivity index (χ4v) is 66.0. The van der Waals surface area contributed by atoms with Gasteiger partial charge in [-0.25, -0.2) is 0 Å². The van der Waals surface area contributed by atoms with Crippen molar-refractivity contribution in [3.63, 3.8) is 0 Å². The van der Waals surface area contributed by atoms with Crippen molar-refractivity contribution in [3.05, 3.63) is 0 Å². The van der Waals surface area contributed by atoms with E-state index in [1.807, 2.05) is 0 Å². The summed E-state index contributed by atoms with van der Waals surface area (Å²) >= 11 is -4.22. The van der Waals surface area contributed by atoms with Gasteiger partial charge >= 0.3 is 152 Å². The average Bonchev–Trinajstić information content (AvgIpc) is 2.48. The van der Waals surface area contributed by atoms with Gasteiger partial charge in [0.05, 0.1) is 0 Å². The van der Waals surface area contributed by atoms with Crippen LogP contribution < -0.4 is 0 Å². The molecule has 0 amide bonds. The molecule has 0 aromatic rings. The number of rotatable bonds is 14. The average molecular weight is 525 g/mol. The SMILES string of the molecule is CC[CH2][Sn]([CH2]CC)([CH2]CC)[N](C)[Sn]([CH2]CC)([CH2]CC)[CH2]CC. The van der Waals surface area contributed by atoms with Crippen molar-refractivity contribution in [2.45, 2.75) is 107 Å². The summed E-state index contributed by atoms with van der Waals surface area (Å²) in [5.41, 5.74) is 0. The predicted molar refractivity (Wildman–Crippen MR) is 110 cm³/mol. The van der Waals surface area contributed by atoms with Crippen LogP contribution in [0.15, 0.2) is 0 Å². The molecule has 1 nitrogen and oxygen atoms in total. The maximum atomic E-state index is 3.32. The molecule has 134 valence electrons. The Bertz CT molecular complexity index is 208. The standard InChI is InChI=1S/6C3H7.CH3N.2Sn/c6*1-3-2;1-2;;/h6*1,3H2,2H3;1H3;;. The van der Waals surface area contributed by atoms with E-state index in [9.17, 15) is 0 Å². The molecule has 3 heteroatoms. The van der Waals surface area contributed by atoms with Crippen molar-refractivity contribution in [3.8, 4) is 0 Å². The van der Waals surface area contributed by atoms with E-state index in [0.29, 0.717) is 0 Å². The van der Waals surface area contributed by atoms with Crippen LogP contribution in [0.2, 0.25) is 26.6 Å². The van der Waals surface area contributed by atoms with Crippen molar-refractivity contribution in [1.82, 2.24) is 1.34 Å². The fraction of sp³-hybridized carbons (Fsp3) is 1.00. The summed E-state index contributed by atoms with van der Waals surface area (Å²) in [4.78, 5) is 0. The first-order valence-corrected chi connectivity index (χ1v) is 24.9. The van der Waals surface area contributed by atoms with Gasteiger partial charge in [-0.15, -0.1) is 0 Å². The summed E-state index contributed by atoms with van der Waals surface area (Å²) in [6.07, 6.45) is 8.62. The topological polar surface area (TPSA) is 3.24 Å². The van der Waals surface area contributed by atoms with Crippen LogP contribution in [0.25, 0.3) is 0 Å². The van der Waals surface area contributed by atoms with Crippen LogP contribution in [-0.2, 0) is 0 Å². The zero-order chi connectivity index (χ0) is 17.1. The Balaban J connectivity index is 5.67. The Morgan fingerprint density at radius 1 is 0.455 bits per heavy atom. The maximum absolute atomic E-state index is 3.32. The third kappa shape index (κ3) is 6.46. The molecule has 0 saturated heterocycles. The molecule has 0 rings (SSSR count). The first-order chi connectivity index (χ1) is 10.5. The Kier molecular flexibility index (Phi) is 13.8. The van der Waals surface area contributed by atoms with Gasteiger partial charge in [-0.3, -0.25) is 0 Å². The molecule has 0 bridgehead atoms. The van der Waals surface area contributed by atoms with E-state index in [-0.39, 0.29) is 0 Å². The summed E-state index contributed by atoms with van der Waals surface area (Å²) in [5.74, 6) is 0.